The maximum Gasteiger partial charge on any atom is 0.378 e. The van der Waals surface area contributed by atoms with Crippen molar-refractivity contribution in [3.63, 3.8) is 0 Å². The zero-order valence-corrected chi connectivity index (χ0v) is 8.35. The third-order valence-corrected chi connectivity index (χ3v) is 1.85. The Hall–Kier alpha value is -1.89. The maximum absolute atomic E-state index is 12.6. The Labute approximate surface area is 93.4 Å². The van der Waals surface area contributed by atoms with Gasteiger partial charge in [-0.2, -0.15) is 4.39 Å². The first kappa shape index (κ1) is 12.2. The van der Waals surface area contributed by atoms with E-state index in [1.165, 1.54) is 0 Å². The van der Waals surface area contributed by atoms with Gasteiger partial charge in [-0.1, -0.05) is 11.6 Å². The van der Waals surface area contributed by atoms with Crippen molar-refractivity contribution in [3.8, 4) is 5.75 Å². The van der Waals surface area contributed by atoms with Gasteiger partial charge in [0.05, 0.1) is 4.92 Å². The Morgan fingerprint density at radius 2 is 2.25 bits per heavy atom. The summed E-state index contributed by atoms with van der Waals surface area (Å²) in [5, 5.41) is 18.3. The molecule has 16 heavy (non-hydrogen) atoms. The molecule has 0 amide bonds. The van der Waals surface area contributed by atoms with E-state index >= 15 is 0 Å². The second-order valence-corrected chi connectivity index (χ2v) is 3.05. The molecule has 0 aliphatic heterocycles. The third-order valence-electron chi connectivity index (χ3n) is 1.55. The fourth-order valence-corrected chi connectivity index (χ4v) is 1.12. The van der Waals surface area contributed by atoms with E-state index in [0.29, 0.717) is 0 Å². The number of nitro groups is 1. The Morgan fingerprint density at radius 1 is 1.62 bits per heavy atom. The molecule has 1 unspecified atom stereocenters. The monoisotopic (exact) mass is 249 g/mol. The molecule has 0 aromatic heterocycles. The molecular formula is C8H5ClFNO5. The van der Waals surface area contributed by atoms with Crippen LogP contribution in [0.3, 0.4) is 0 Å². The van der Waals surface area contributed by atoms with Gasteiger partial charge in [0.25, 0.3) is 5.69 Å². The number of alkyl halides is 1. The van der Waals surface area contributed by atoms with E-state index in [2.05, 4.69) is 4.74 Å². The van der Waals surface area contributed by atoms with Crippen molar-refractivity contribution >= 4 is 23.3 Å². The number of carboxylic acid groups (broad SMARTS) is 1. The lowest BCUT2D eigenvalue weighted by atomic mass is 10.3. The topological polar surface area (TPSA) is 89.7 Å². The number of hydrogen-bond acceptors (Lipinski definition) is 4. The Morgan fingerprint density at radius 3 is 2.69 bits per heavy atom. The second-order valence-electron chi connectivity index (χ2n) is 2.64. The molecule has 1 aromatic carbocycles. The van der Waals surface area contributed by atoms with Crippen LogP contribution in [0.15, 0.2) is 18.2 Å². The molecular weight excluding hydrogens is 245 g/mol. The van der Waals surface area contributed by atoms with Gasteiger partial charge in [0.2, 0.25) is 0 Å². The lowest BCUT2D eigenvalue weighted by Crippen LogP contribution is -2.21. The van der Waals surface area contributed by atoms with Crippen LogP contribution >= 0.6 is 11.6 Å². The van der Waals surface area contributed by atoms with E-state index in [1.807, 2.05) is 0 Å². The molecule has 1 atom stereocenters. The van der Waals surface area contributed by atoms with E-state index in [1.54, 1.807) is 0 Å². The number of aliphatic carboxylic acids is 1. The quantitative estimate of drug-likeness (QED) is 0.651. The zero-order valence-electron chi connectivity index (χ0n) is 7.59. The minimum Gasteiger partial charge on any atom is -0.476 e. The molecule has 0 aliphatic carbocycles. The fraction of sp³-hybridized carbons (Fsp3) is 0.125. The van der Waals surface area contributed by atoms with Gasteiger partial charge in [-0.15, -0.1) is 0 Å². The van der Waals surface area contributed by atoms with Gasteiger partial charge in [-0.25, -0.2) is 4.79 Å². The van der Waals surface area contributed by atoms with Gasteiger partial charge in [-0.3, -0.25) is 10.1 Å². The van der Waals surface area contributed by atoms with Gasteiger partial charge < -0.3 is 9.84 Å². The smallest absolute Gasteiger partial charge is 0.378 e. The van der Waals surface area contributed by atoms with E-state index in [0.717, 1.165) is 18.2 Å². The highest BCUT2D eigenvalue weighted by Gasteiger charge is 2.19. The summed E-state index contributed by atoms with van der Waals surface area (Å²) in [5.74, 6) is -2.00. The molecule has 1 rings (SSSR count). The number of nitro benzene ring substituents is 1. The summed E-state index contributed by atoms with van der Waals surface area (Å²) in [6, 6.07) is 3.01. The fourth-order valence-electron chi connectivity index (χ4n) is 0.879. The van der Waals surface area contributed by atoms with Crippen LogP contribution < -0.4 is 4.74 Å². The summed E-state index contributed by atoms with van der Waals surface area (Å²) in [4.78, 5) is 19.8. The molecule has 0 spiro atoms. The lowest BCUT2D eigenvalue weighted by Gasteiger charge is -2.07. The molecule has 0 heterocycles. The van der Waals surface area contributed by atoms with Crippen LogP contribution in [0.5, 0.6) is 5.75 Å². The molecule has 0 bridgehead atoms. The van der Waals surface area contributed by atoms with Gasteiger partial charge >= 0.3 is 12.3 Å². The molecule has 8 heteroatoms. The van der Waals surface area contributed by atoms with Crippen LogP contribution in [0.1, 0.15) is 0 Å². The van der Waals surface area contributed by atoms with Crippen molar-refractivity contribution in [3.05, 3.63) is 33.3 Å². The second kappa shape index (κ2) is 4.75. The summed E-state index contributed by atoms with van der Waals surface area (Å²) in [6.45, 7) is 0. The average molecular weight is 250 g/mol. The number of carbonyl (C=O) groups is 1. The summed E-state index contributed by atoms with van der Waals surface area (Å²) < 4.78 is 16.9. The average Bonchev–Trinajstić information content (AvgIpc) is 2.16. The first-order valence-electron chi connectivity index (χ1n) is 3.89. The van der Waals surface area contributed by atoms with Crippen molar-refractivity contribution < 1.29 is 24.0 Å². The van der Waals surface area contributed by atoms with Crippen LogP contribution in [0.4, 0.5) is 10.1 Å². The highest BCUT2D eigenvalue weighted by molar-refractivity contribution is 6.32. The first-order chi connectivity index (χ1) is 7.41. The molecule has 0 radical (unpaired) electrons. The summed E-state index contributed by atoms with van der Waals surface area (Å²) in [6.07, 6.45) is -2.54. The SMILES string of the molecule is O=C(O)C(F)Oc1ccc([N+](=O)[O-])c(Cl)c1. The third kappa shape index (κ3) is 2.80. The molecule has 0 saturated carbocycles. The van der Waals surface area contributed by atoms with Crippen molar-refractivity contribution in [2.75, 3.05) is 0 Å². The van der Waals surface area contributed by atoms with Crippen molar-refractivity contribution in [2.45, 2.75) is 6.36 Å². The summed E-state index contributed by atoms with van der Waals surface area (Å²) >= 11 is 5.50. The van der Waals surface area contributed by atoms with Crippen molar-refractivity contribution in [1.29, 1.82) is 0 Å². The predicted octanol–water partition coefficient (Wildman–Crippen LogP) is 2.01. The summed E-state index contributed by atoms with van der Waals surface area (Å²) in [7, 11) is 0. The number of hydrogen-bond donors (Lipinski definition) is 1. The molecule has 6 nitrogen and oxygen atoms in total. The Balaban J connectivity index is 2.89. The first-order valence-corrected chi connectivity index (χ1v) is 4.27. The van der Waals surface area contributed by atoms with Gasteiger partial charge in [-0.05, 0) is 6.07 Å². The number of carboxylic acids is 1. The lowest BCUT2D eigenvalue weighted by molar-refractivity contribution is -0.384. The van der Waals surface area contributed by atoms with Crippen LogP contribution in [-0.4, -0.2) is 22.4 Å². The number of rotatable bonds is 4. The van der Waals surface area contributed by atoms with E-state index in [4.69, 9.17) is 16.7 Å². The Kier molecular flexibility index (Phi) is 3.62. The number of nitrogens with zero attached hydrogens (tertiary/aromatic N) is 1. The van der Waals surface area contributed by atoms with E-state index in [9.17, 15) is 19.3 Å². The summed E-state index contributed by atoms with van der Waals surface area (Å²) in [5.41, 5.74) is -0.375. The normalized spacial score (nSPS) is 11.9. The Bertz CT molecular complexity index is 438. The van der Waals surface area contributed by atoms with Gasteiger partial charge in [0, 0.05) is 12.1 Å². The van der Waals surface area contributed by atoms with Crippen LogP contribution in [0.25, 0.3) is 0 Å². The van der Waals surface area contributed by atoms with E-state index < -0.39 is 17.3 Å². The number of ether oxygens (including phenoxy) is 1. The minimum absolute atomic E-state index is 0.203. The molecule has 0 fully saturated rings. The minimum atomic E-state index is -2.54. The van der Waals surface area contributed by atoms with E-state index in [-0.39, 0.29) is 16.5 Å². The highest BCUT2D eigenvalue weighted by atomic mass is 35.5. The highest BCUT2D eigenvalue weighted by Crippen LogP contribution is 2.28. The van der Waals surface area contributed by atoms with Crippen molar-refractivity contribution in [1.82, 2.24) is 0 Å². The molecule has 86 valence electrons. The van der Waals surface area contributed by atoms with Crippen LogP contribution in [0, 0.1) is 10.1 Å². The van der Waals surface area contributed by atoms with Gasteiger partial charge in [0.1, 0.15) is 10.8 Å². The number of benzene rings is 1. The maximum atomic E-state index is 12.6. The van der Waals surface area contributed by atoms with Crippen LogP contribution in [0.2, 0.25) is 5.02 Å². The zero-order chi connectivity index (χ0) is 12.3. The molecule has 0 aliphatic rings. The number of halogens is 2. The molecule has 1 aromatic rings. The molecule has 1 N–H and O–H groups in total. The predicted molar refractivity (Wildman–Crippen MR) is 51.3 cm³/mol. The standard InChI is InChI=1S/C8H5ClFNO5/c9-5-3-4(16-7(10)8(12)13)1-2-6(5)11(14)15/h1-3,7H,(H,12,13). The van der Waals surface area contributed by atoms with Gasteiger partial charge in [0.15, 0.2) is 0 Å². The molecule has 0 saturated heterocycles. The van der Waals surface area contributed by atoms with Crippen molar-refractivity contribution in [2.24, 2.45) is 0 Å². The van der Waals surface area contributed by atoms with Crippen LogP contribution in [-0.2, 0) is 4.79 Å². The largest absolute Gasteiger partial charge is 0.476 e.